The first-order chi connectivity index (χ1) is 23.4. The van der Waals surface area contributed by atoms with E-state index in [2.05, 4.69) is 19.2 Å². The average Bonchev–Trinajstić information content (AvgIpc) is 3.07. The summed E-state index contributed by atoms with van der Waals surface area (Å²) < 4.78 is 22.1. The number of allylic oxidation sites excluding steroid dienone is 1. The number of nitrogens with one attached hydrogen (secondary N) is 1. The molecule has 8 nitrogen and oxygen atoms in total. The molecule has 9 heteroatoms. The molecule has 0 bridgehead atoms. The third-order valence-corrected chi connectivity index (χ3v) is 10.1. The molecule has 5 N–H and O–H groups in total. The summed E-state index contributed by atoms with van der Waals surface area (Å²) in [5.41, 5.74) is 5.36. The van der Waals surface area contributed by atoms with Gasteiger partial charge in [-0.15, -0.1) is 0 Å². The number of aliphatic hydroxyl groups is 1. The Morgan fingerprint density at radius 2 is 1.06 bits per heavy atom. The third kappa shape index (κ3) is 33.7. The maximum atomic E-state index is 12.7. The smallest absolute Gasteiger partial charge is 0.387 e. The molecule has 0 aromatic carbocycles. The monoisotopic (exact) mass is 703 g/mol. The molecule has 1 unspecified atom stereocenters. The molecular weight excluding hydrogens is 623 g/mol. The molecule has 3 atom stereocenters. The lowest BCUT2D eigenvalue weighted by Gasteiger charge is -2.23. The summed E-state index contributed by atoms with van der Waals surface area (Å²) in [5.74, 6) is -0.193. The second kappa shape index (κ2) is 36.0. The van der Waals surface area contributed by atoms with E-state index >= 15 is 0 Å². The molecule has 0 aliphatic heterocycles. The average molecular weight is 703 g/mol. The first-order valence-electron chi connectivity index (χ1n) is 20.3. The van der Waals surface area contributed by atoms with Crippen LogP contribution in [0.2, 0.25) is 0 Å². The highest BCUT2D eigenvalue weighted by Gasteiger charge is 2.26. The van der Waals surface area contributed by atoms with Crippen LogP contribution >= 0.6 is 7.82 Å². The molecule has 0 spiro atoms. The van der Waals surface area contributed by atoms with Crippen molar-refractivity contribution in [3.8, 4) is 0 Å². The lowest BCUT2D eigenvalue weighted by atomic mass is 10.0. The third-order valence-electron chi connectivity index (χ3n) is 9.11. The van der Waals surface area contributed by atoms with Crippen LogP contribution in [0.15, 0.2) is 12.2 Å². The number of phosphoric ester groups is 1. The molecule has 1 amide bonds. The number of amides is 1. The van der Waals surface area contributed by atoms with Crippen LogP contribution in [0.1, 0.15) is 200 Å². The molecule has 48 heavy (non-hydrogen) atoms. The fourth-order valence-electron chi connectivity index (χ4n) is 6.01. The van der Waals surface area contributed by atoms with Crippen molar-refractivity contribution >= 4 is 13.7 Å². The number of aliphatic hydroxyl groups excluding tert-OH is 1. The summed E-state index contributed by atoms with van der Waals surface area (Å²) in [4.78, 5) is 22.6. The topological polar surface area (TPSA) is 131 Å². The minimum absolute atomic E-state index is 0.0812. The Balaban J connectivity index is 4.25. The summed E-state index contributed by atoms with van der Waals surface area (Å²) in [6, 6.07) is -0.853. The quantitative estimate of drug-likeness (QED) is 0.0286. The Morgan fingerprint density at radius 1 is 0.667 bits per heavy atom. The van der Waals surface area contributed by atoms with E-state index in [9.17, 15) is 19.4 Å². The lowest BCUT2D eigenvalue weighted by Crippen LogP contribution is -2.45. The molecule has 0 aliphatic rings. The van der Waals surface area contributed by atoms with Crippen LogP contribution in [-0.4, -0.2) is 47.8 Å². The maximum absolute atomic E-state index is 12.7. The first kappa shape index (κ1) is 47.2. The predicted octanol–water partition coefficient (Wildman–Crippen LogP) is 10.8. The highest BCUT2D eigenvalue weighted by molar-refractivity contribution is 7.47. The fraction of sp³-hybridized carbons (Fsp3) is 0.923. The van der Waals surface area contributed by atoms with Gasteiger partial charge in [0.05, 0.1) is 25.4 Å². The van der Waals surface area contributed by atoms with Gasteiger partial charge in [0, 0.05) is 13.0 Å². The van der Waals surface area contributed by atoms with Gasteiger partial charge in [-0.25, -0.2) is 4.57 Å². The zero-order valence-electron chi connectivity index (χ0n) is 31.5. The molecule has 0 radical (unpaired) electrons. The molecule has 0 saturated heterocycles. The number of rotatable bonds is 38. The van der Waals surface area contributed by atoms with E-state index in [4.69, 9.17) is 14.8 Å². The van der Waals surface area contributed by atoms with Crippen molar-refractivity contribution in [3.05, 3.63) is 12.2 Å². The van der Waals surface area contributed by atoms with Gasteiger partial charge in [-0.05, 0) is 19.3 Å². The van der Waals surface area contributed by atoms with Crippen LogP contribution in [0.3, 0.4) is 0 Å². The van der Waals surface area contributed by atoms with E-state index in [0.29, 0.717) is 6.42 Å². The summed E-state index contributed by atoms with van der Waals surface area (Å²) in [5, 5.41) is 13.6. The number of carbonyl (C=O) groups is 1. The first-order valence-corrected chi connectivity index (χ1v) is 21.8. The van der Waals surface area contributed by atoms with Crippen LogP contribution < -0.4 is 11.1 Å². The fourth-order valence-corrected chi connectivity index (χ4v) is 6.77. The minimum Gasteiger partial charge on any atom is -0.387 e. The van der Waals surface area contributed by atoms with Gasteiger partial charge in [0.2, 0.25) is 5.91 Å². The van der Waals surface area contributed by atoms with E-state index in [-0.39, 0.29) is 25.7 Å². The van der Waals surface area contributed by atoms with E-state index in [0.717, 1.165) is 38.5 Å². The summed E-state index contributed by atoms with van der Waals surface area (Å²) >= 11 is 0. The largest absolute Gasteiger partial charge is 0.472 e. The molecule has 0 saturated carbocycles. The van der Waals surface area contributed by atoms with Crippen LogP contribution in [0, 0.1) is 0 Å². The SMILES string of the molecule is CCCCCCCCCCCCCCCC/C=C/[C@@H](O)[C@H](COP(=O)(O)OCCN)NC(=O)CCCCCCCCCCCCCCC. The van der Waals surface area contributed by atoms with Gasteiger partial charge >= 0.3 is 7.82 Å². The number of hydrogen-bond acceptors (Lipinski definition) is 6. The normalized spacial score (nSPS) is 14.4. The van der Waals surface area contributed by atoms with Crippen LogP contribution in [-0.2, 0) is 18.4 Å². The van der Waals surface area contributed by atoms with E-state index in [1.165, 1.54) is 141 Å². The molecule has 0 aromatic heterocycles. The summed E-state index contributed by atoms with van der Waals surface area (Å²) in [7, 11) is -4.33. The second-order valence-electron chi connectivity index (χ2n) is 13.9. The van der Waals surface area contributed by atoms with Crippen molar-refractivity contribution in [3.63, 3.8) is 0 Å². The minimum atomic E-state index is -4.33. The number of hydrogen-bond donors (Lipinski definition) is 4. The van der Waals surface area contributed by atoms with Gasteiger partial charge in [0.1, 0.15) is 0 Å². The van der Waals surface area contributed by atoms with E-state index < -0.39 is 20.0 Å². The Hall–Kier alpha value is -0.760. The standard InChI is InChI=1S/C39H79N2O6P/c1-3-5-7-9-11-13-15-17-18-19-21-22-24-26-28-30-32-38(42)37(36-47-48(44,45)46-35-34-40)41-39(43)33-31-29-27-25-23-20-16-14-12-10-8-6-4-2/h30,32,37-38,42H,3-29,31,33-36,40H2,1-2H3,(H,41,43)(H,44,45)/b32-30+/t37-,38+/m0/s1. The van der Waals surface area contributed by atoms with E-state index in [1.54, 1.807) is 6.08 Å². The Kier molecular flexibility index (Phi) is 35.5. The zero-order chi connectivity index (χ0) is 35.4. The van der Waals surface area contributed by atoms with Crippen molar-refractivity contribution in [2.24, 2.45) is 5.73 Å². The van der Waals surface area contributed by atoms with Gasteiger partial charge in [-0.2, -0.15) is 0 Å². The molecular formula is C39H79N2O6P. The lowest BCUT2D eigenvalue weighted by molar-refractivity contribution is -0.123. The molecule has 0 fully saturated rings. The second-order valence-corrected chi connectivity index (χ2v) is 15.3. The molecule has 0 heterocycles. The molecule has 286 valence electrons. The molecule has 0 aromatic rings. The van der Waals surface area contributed by atoms with Gasteiger partial charge in [0.25, 0.3) is 0 Å². The Labute approximate surface area is 296 Å². The van der Waals surface area contributed by atoms with Gasteiger partial charge in [-0.3, -0.25) is 13.8 Å². The number of carbonyl (C=O) groups excluding carboxylic acids is 1. The van der Waals surface area contributed by atoms with Crippen molar-refractivity contribution < 1.29 is 28.4 Å². The van der Waals surface area contributed by atoms with Gasteiger partial charge < -0.3 is 21.1 Å². The predicted molar refractivity (Wildman–Crippen MR) is 203 cm³/mol. The molecule has 0 rings (SSSR count). The Bertz CT molecular complexity index is 769. The van der Waals surface area contributed by atoms with Gasteiger partial charge in [0.15, 0.2) is 0 Å². The number of phosphoric acid groups is 1. The van der Waals surface area contributed by atoms with Gasteiger partial charge in [-0.1, -0.05) is 187 Å². The number of nitrogens with two attached hydrogens (primary N) is 1. The van der Waals surface area contributed by atoms with Crippen LogP contribution in [0.5, 0.6) is 0 Å². The highest BCUT2D eigenvalue weighted by atomic mass is 31.2. The summed E-state index contributed by atoms with van der Waals surface area (Å²) in [6.45, 7) is 4.14. The molecule has 0 aliphatic carbocycles. The van der Waals surface area contributed by atoms with Crippen LogP contribution in [0.4, 0.5) is 0 Å². The van der Waals surface area contributed by atoms with Crippen molar-refractivity contribution in [2.75, 3.05) is 19.8 Å². The number of unbranched alkanes of at least 4 members (excludes halogenated alkanes) is 26. The van der Waals surface area contributed by atoms with Crippen molar-refractivity contribution in [2.45, 2.75) is 212 Å². The maximum Gasteiger partial charge on any atom is 0.472 e. The highest BCUT2D eigenvalue weighted by Crippen LogP contribution is 2.43. The zero-order valence-corrected chi connectivity index (χ0v) is 32.4. The van der Waals surface area contributed by atoms with Crippen LogP contribution in [0.25, 0.3) is 0 Å². The van der Waals surface area contributed by atoms with Crippen molar-refractivity contribution in [1.82, 2.24) is 5.32 Å². The Morgan fingerprint density at radius 3 is 1.48 bits per heavy atom. The summed E-state index contributed by atoms with van der Waals surface area (Å²) in [6.07, 6.45) is 38.2. The van der Waals surface area contributed by atoms with Crippen molar-refractivity contribution in [1.29, 1.82) is 0 Å². The van der Waals surface area contributed by atoms with E-state index in [1.807, 2.05) is 6.08 Å².